The summed E-state index contributed by atoms with van der Waals surface area (Å²) in [6.45, 7) is 5.32. The van der Waals surface area contributed by atoms with Gasteiger partial charge in [-0.15, -0.1) is 0 Å². The Morgan fingerprint density at radius 1 is 1.13 bits per heavy atom. The predicted molar refractivity (Wildman–Crippen MR) is 104 cm³/mol. The highest BCUT2D eigenvalue weighted by atomic mass is 19.4. The molecule has 0 fully saturated rings. The molecule has 2 rings (SSSR count). The van der Waals surface area contributed by atoms with E-state index in [9.17, 15) is 27.1 Å². The van der Waals surface area contributed by atoms with Gasteiger partial charge in [0.2, 0.25) is 5.60 Å². The molecule has 1 unspecified atom stereocenters. The van der Waals surface area contributed by atoms with Gasteiger partial charge in [0.25, 0.3) is 0 Å². The van der Waals surface area contributed by atoms with Crippen molar-refractivity contribution in [2.24, 2.45) is 4.99 Å². The Labute approximate surface area is 171 Å². The topological polar surface area (TPSA) is 45.1 Å². The maximum Gasteiger partial charge on any atom is 0.426 e. The molecule has 2 aromatic rings. The number of aryl methyl sites for hydroxylation is 1. The first kappa shape index (κ1) is 23.6. The van der Waals surface area contributed by atoms with Crippen LogP contribution in [-0.2, 0) is 5.60 Å². The molecule has 0 spiro atoms. The Morgan fingerprint density at radius 2 is 1.70 bits per heavy atom. The molecule has 2 aromatic carbocycles. The van der Waals surface area contributed by atoms with E-state index in [-0.39, 0.29) is 17.3 Å². The first-order valence-electron chi connectivity index (χ1n) is 9.03. The van der Waals surface area contributed by atoms with Crippen LogP contribution < -0.4 is 4.74 Å². The fourth-order valence-corrected chi connectivity index (χ4v) is 2.83. The van der Waals surface area contributed by atoms with Crippen molar-refractivity contribution in [1.82, 2.24) is 4.90 Å². The minimum Gasteiger partial charge on any atom is -0.496 e. The van der Waals surface area contributed by atoms with Crippen LogP contribution >= 0.6 is 0 Å². The molecule has 1 atom stereocenters. The van der Waals surface area contributed by atoms with Crippen molar-refractivity contribution in [3.63, 3.8) is 0 Å². The third-order valence-electron chi connectivity index (χ3n) is 4.84. The van der Waals surface area contributed by atoms with Gasteiger partial charge in [0.15, 0.2) is 0 Å². The lowest BCUT2D eigenvalue weighted by atomic mass is 9.83. The molecular weight excluding hydrogens is 407 g/mol. The van der Waals surface area contributed by atoms with E-state index in [0.29, 0.717) is 12.1 Å². The molecule has 1 N–H and O–H groups in total. The van der Waals surface area contributed by atoms with Gasteiger partial charge >= 0.3 is 6.18 Å². The van der Waals surface area contributed by atoms with Gasteiger partial charge in [0, 0.05) is 24.7 Å². The molecule has 0 radical (unpaired) electrons. The van der Waals surface area contributed by atoms with Gasteiger partial charge in [-0.1, -0.05) is 6.07 Å². The standard InChI is InChI=1S/C21H23F5N2O2/c1-12(2)28(4)11-27-17-10-18(30-5)14(9-13(17)3)20(29,21(24,25)26)19-15(22)7-6-8-16(19)23/h6-12,29H,1-5H3. The van der Waals surface area contributed by atoms with Crippen LogP contribution in [0.5, 0.6) is 5.75 Å². The van der Waals surface area contributed by atoms with Crippen LogP contribution in [0.25, 0.3) is 0 Å². The fourth-order valence-electron chi connectivity index (χ4n) is 2.83. The zero-order chi connectivity index (χ0) is 22.9. The number of alkyl halides is 3. The number of aliphatic hydroxyl groups is 1. The third kappa shape index (κ3) is 4.26. The molecule has 0 aromatic heterocycles. The van der Waals surface area contributed by atoms with Crippen molar-refractivity contribution in [1.29, 1.82) is 0 Å². The number of hydrogen-bond acceptors (Lipinski definition) is 3. The zero-order valence-corrected chi connectivity index (χ0v) is 17.2. The van der Waals surface area contributed by atoms with E-state index in [0.717, 1.165) is 19.2 Å². The Balaban J connectivity index is 2.77. The van der Waals surface area contributed by atoms with E-state index in [1.807, 2.05) is 13.8 Å². The number of aliphatic imine (C=N–C) groups is 1. The van der Waals surface area contributed by atoms with Crippen molar-refractivity contribution in [2.75, 3.05) is 14.2 Å². The SMILES string of the molecule is COc1cc(N=CN(C)C(C)C)c(C)cc1C(O)(c1c(F)cccc1F)C(F)(F)F. The summed E-state index contributed by atoms with van der Waals surface area (Å²) in [6, 6.07) is 4.50. The molecule has 0 aliphatic heterocycles. The second kappa shape index (κ2) is 8.59. The van der Waals surface area contributed by atoms with Gasteiger partial charge in [0.1, 0.15) is 17.4 Å². The number of nitrogens with zero attached hydrogens (tertiary/aromatic N) is 2. The number of halogens is 5. The van der Waals surface area contributed by atoms with Crippen LogP contribution in [0, 0.1) is 18.6 Å². The van der Waals surface area contributed by atoms with Crippen LogP contribution in [0.1, 0.15) is 30.5 Å². The fraction of sp³-hybridized carbons (Fsp3) is 0.381. The van der Waals surface area contributed by atoms with Gasteiger partial charge in [-0.2, -0.15) is 13.2 Å². The van der Waals surface area contributed by atoms with Crippen molar-refractivity contribution >= 4 is 12.0 Å². The van der Waals surface area contributed by atoms with Gasteiger partial charge in [-0.25, -0.2) is 13.8 Å². The molecule has 9 heteroatoms. The van der Waals surface area contributed by atoms with Gasteiger partial charge in [-0.3, -0.25) is 0 Å². The number of ether oxygens (including phenoxy) is 1. The lowest BCUT2D eigenvalue weighted by molar-refractivity contribution is -0.250. The summed E-state index contributed by atoms with van der Waals surface area (Å²) in [5.74, 6) is -3.48. The van der Waals surface area contributed by atoms with E-state index < -0.39 is 40.3 Å². The molecular formula is C21H23F5N2O2. The average Bonchev–Trinajstić information content (AvgIpc) is 2.65. The molecule has 0 saturated carbocycles. The molecule has 0 heterocycles. The summed E-state index contributed by atoms with van der Waals surface area (Å²) in [5.41, 5.74) is -5.81. The monoisotopic (exact) mass is 430 g/mol. The number of hydrogen-bond donors (Lipinski definition) is 1. The van der Waals surface area contributed by atoms with Gasteiger partial charge < -0.3 is 14.7 Å². The van der Waals surface area contributed by atoms with Crippen LogP contribution in [0.15, 0.2) is 35.3 Å². The first-order valence-corrected chi connectivity index (χ1v) is 9.03. The van der Waals surface area contributed by atoms with Crippen molar-refractivity contribution < 1.29 is 31.8 Å². The van der Waals surface area contributed by atoms with Crippen LogP contribution in [0.2, 0.25) is 0 Å². The Hall–Kier alpha value is -2.68. The second-order valence-corrected chi connectivity index (χ2v) is 7.15. The summed E-state index contributed by atoms with van der Waals surface area (Å²) >= 11 is 0. The average molecular weight is 430 g/mol. The number of rotatable bonds is 6. The molecule has 0 bridgehead atoms. The highest BCUT2D eigenvalue weighted by molar-refractivity contribution is 5.66. The summed E-state index contributed by atoms with van der Waals surface area (Å²) in [7, 11) is 2.87. The van der Waals surface area contributed by atoms with Gasteiger partial charge in [0.05, 0.1) is 24.7 Å². The van der Waals surface area contributed by atoms with E-state index >= 15 is 0 Å². The molecule has 30 heavy (non-hydrogen) atoms. The largest absolute Gasteiger partial charge is 0.496 e. The molecule has 0 saturated heterocycles. The summed E-state index contributed by atoms with van der Waals surface area (Å²) in [4.78, 5) is 6.02. The number of methoxy groups -OCH3 is 1. The Morgan fingerprint density at radius 3 is 2.17 bits per heavy atom. The Kier molecular flexibility index (Phi) is 6.76. The van der Waals surface area contributed by atoms with Crippen molar-refractivity contribution in [2.45, 2.75) is 38.6 Å². The molecule has 4 nitrogen and oxygen atoms in total. The molecule has 0 amide bonds. The van der Waals surface area contributed by atoms with E-state index in [4.69, 9.17) is 4.74 Å². The maximum absolute atomic E-state index is 14.3. The van der Waals surface area contributed by atoms with E-state index in [1.54, 1.807) is 11.9 Å². The minimum atomic E-state index is -5.45. The van der Waals surface area contributed by atoms with Crippen LogP contribution in [0.3, 0.4) is 0 Å². The minimum absolute atomic E-state index is 0.134. The lowest BCUT2D eigenvalue weighted by Gasteiger charge is -2.33. The molecule has 0 aliphatic carbocycles. The quantitative estimate of drug-likeness (QED) is 0.395. The highest BCUT2D eigenvalue weighted by Crippen LogP contribution is 2.50. The highest BCUT2D eigenvalue weighted by Gasteiger charge is 2.60. The third-order valence-corrected chi connectivity index (χ3v) is 4.84. The first-order chi connectivity index (χ1) is 13.8. The lowest BCUT2D eigenvalue weighted by Crippen LogP contribution is -2.45. The van der Waals surface area contributed by atoms with Crippen molar-refractivity contribution in [3.05, 3.63) is 58.7 Å². The smallest absolute Gasteiger partial charge is 0.426 e. The van der Waals surface area contributed by atoms with Gasteiger partial charge in [-0.05, 0) is 44.5 Å². The maximum atomic E-state index is 14.3. The zero-order valence-electron chi connectivity index (χ0n) is 17.2. The van der Waals surface area contributed by atoms with Crippen LogP contribution in [-0.4, -0.2) is 42.7 Å². The number of benzene rings is 2. The predicted octanol–water partition coefficient (Wildman–Crippen LogP) is 5.08. The normalized spacial score (nSPS) is 14.3. The second-order valence-electron chi connectivity index (χ2n) is 7.15. The Bertz CT molecular complexity index is 923. The summed E-state index contributed by atoms with van der Waals surface area (Å²) in [5, 5.41) is 10.7. The molecule has 164 valence electrons. The summed E-state index contributed by atoms with van der Waals surface area (Å²) in [6.07, 6.45) is -3.95. The summed E-state index contributed by atoms with van der Waals surface area (Å²) < 4.78 is 75.8. The van der Waals surface area contributed by atoms with E-state index in [2.05, 4.69) is 4.99 Å². The molecule has 0 aliphatic rings. The van der Waals surface area contributed by atoms with E-state index in [1.165, 1.54) is 19.3 Å². The van der Waals surface area contributed by atoms with Crippen molar-refractivity contribution in [3.8, 4) is 5.75 Å². The van der Waals surface area contributed by atoms with Crippen LogP contribution in [0.4, 0.5) is 27.6 Å².